The van der Waals surface area contributed by atoms with E-state index in [0.29, 0.717) is 43.5 Å². The van der Waals surface area contributed by atoms with Crippen LogP contribution in [0.1, 0.15) is 374 Å². The second kappa shape index (κ2) is 46.1. The Kier molecular flexibility index (Phi) is 39.9. The number of benzene rings is 4. The predicted octanol–water partition coefficient (Wildman–Crippen LogP) is 27.9. The van der Waals surface area contributed by atoms with Crippen LogP contribution in [0, 0.1) is 0 Å². The molecule has 0 heterocycles. The maximum Gasteiger partial charge on any atom is 0.203 e. The fourth-order valence-electron chi connectivity index (χ4n) is 12.0. The Hall–Kier alpha value is -4.02. The highest BCUT2D eigenvalue weighted by Gasteiger charge is 2.20. The van der Waals surface area contributed by atoms with E-state index in [1.165, 1.54) is 223 Å². The Morgan fingerprint density at radius 2 is 0.558 bits per heavy atom. The normalized spacial score (nSPS) is 13.3. The molecule has 0 fully saturated rings. The van der Waals surface area contributed by atoms with E-state index in [0.717, 1.165) is 72.2 Å². The SMILES string of the molecule is CCCCCCCCCCCCOc1cc(/C=C/c2cc([C@H](C)CC)c(/C=C/c3cc([C@H](C)CC)c(/C=C/c4ccc(Br)cc4)cc3[C@H](C)CC)cc2[C@H](C)CC)cc(OCCCCCCCCCCCC)c1OCCCCCCCCCCCC. The van der Waals surface area contributed by atoms with Gasteiger partial charge in [-0.2, -0.15) is 0 Å². The molecule has 4 atom stereocenters. The van der Waals surface area contributed by atoms with E-state index in [2.05, 4.69) is 189 Å². The van der Waals surface area contributed by atoms with Crippen LogP contribution in [0.15, 0.2) is 65.1 Å². The molecule has 4 aromatic carbocycles. The molecule has 4 aromatic rings. The summed E-state index contributed by atoms with van der Waals surface area (Å²) in [5.74, 6) is 4.11. The summed E-state index contributed by atoms with van der Waals surface area (Å²) in [4.78, 5) is 0. The van der Waals surface area contributed by atoms with Crippen molar-refractivity contribution >= 4 is 52.4 Å². The van der Waals surface area contributed by atoms with Gasteiger partial charge in [-0.1, -0.05) is 338 Å². The zero-order valence-corrected chi connectivity index (χ0v) is 58.9. The molecule has 0 amide bonds. The number of hydrogen-bond donors (Lipinski definition) is 0. The zero-order valence-electron chi connectivity index (χ0n) is 57.3. The predicted molar refractivity (Wildman–Crippen MR) is 387 cm³/mol. The summed E-state index contributed by atoms with van der Waals surface area (Å²) in [5.41, 5.74) is 13.3. The Bertz CT molecular complexity index is 2430. The van der Waals surface area contributed by atoms with E-state index < -0.39 is 0 Å². The third-order valence-corrected chi connectivity index (χ3v) is 19.2. The lowest BCUT2D eigenvalue weighted by molar-refractivity contribution is 0.234. The zero-order chi connectivity index (χ0) is 62.0. The van der Waals surface area contributed by atoms with Crippen LogP contribution in [0.5, 0.6) is 17.2 Å². The Morgan fingerprint density at radius 3 is 0.849 bits per heavy atom. The van der Waals surface area contributed by atoms with Crippen molar-refractivity contribution in [1.29, 1.82) is 0 Å². The van der Waals surface area contributed by atoms with Gasteiger partial charge in [0.05, 0.1) is 19.8 Å². The van der Waals surface area contributed by atoms with E-state index >= 15 is 0 Å². The molecule has 4 heteroatoms. The molecule has 0 bridgehead atoms. The van der Waals surface area contributed by atoms with Gasteiger partial charge in [-0.05, 0) is 149 Å². The van der Waals surface area contributed by atoms with Gasteiger partial charge >= 0.3 is 0 Å². The van der Waals surface area contributed by atoms with Gasteiger partial charge in [0.25, 0.3) is 0 Å². The molecule has 0 aliphatic rings. The van der Waals surface area contributed by atoms with E-state index in [1.54, 1.807) is 0 Å². The fraction of sp³-hybridized carbons (Fsp3) is 0.634. The third kappa shape index (κ3) is 28.6. The largest absolute Gasteiger partial charge is 0.490 e. The van der Waals surface area contributed by atoms with Gasteiger partial charge in [0.1, 0.15) is 0 Å². The highest BCUT2D eigenvalue weighted by Crippen LogP contribution is 2.42. The fourth-order valence-corrected chi connectivity index (χ4v) is 12.2. The Balaban J connectivity index is 1.72. The summed E-state index contributed by atoms with van der Waals surface area (Å²) in [6.07, 6.45) is 57.7. The monoisotopic (exact) mass is 1240 g/mol. The number of ether oxygens (including phenoxy) is 3. The highest BCUT2D eigenvalue weighted by atomic mass is 79.9. The Labute approximate surface area is 539 Å². The number of unbranched alkanes of at least 4 members (excludes halogenated alkanes) is 27. The van der Waals surface area contributed by atoms with Crippen molar-refractivity contribution in [2.75, 3.05) is 19.8 Å². The van der Waals surface area contributed by atoms with Crippen LogP contribution in [0.25, 0.3) is 36.5 Å². The lowest BCUT2D eigenvalue weighted by Crippen LogP contribution is -2.07. The first-order valence-corrected chi connectivity index (χ1v) is 37.0. The number of hydrogen-bond acceptors (Lipinski definition) is 3. The quantitative estimate of drug-likeness (QED) is 0.0326. The van der Waals surface area contributed by atoms with Gasteiger partial charge in [0.2, 0.25) is 5.75 Å². The van der Waals surface area contributed by atoms with Crippen molar-refractivity contribution in [1.82, 2.24) is 0 Å². The smallest absolute Gasteiger partial charge is 0.203 e. The second-order valence-corrected chi connectivity index (χ2v) is 26.9. The maximum absolute atomic E-state index is 6.87. The number of rotatable bonds is 50. The van der Waals surface area contributed by atoms with Crippen molar-refractivity contribution in [2.24, 2.45) is 0 Å². The van der Waals surface area contributed by atoms with Gasteiger partial charge < -0.3 is 14.2 Å². The molecule has 0 saturated heterocycles. The first-order chi connectivity index (χ1) is 42.0. The van der Waals surface area contributed by atoms with E-state index in [9.17, 15) is 0 Å². The van der Waals surface area contributed by atoms with Crippen LogP contribution in [-0.2, 0) is 0 Å². The molecule has 0 radical (unpaired) electrons. The molecule has 0 aromatic heterocycles. The average Bonchev–Trinajstić information content (AvgIpc) is 3.49. The summed E-state index contributed by atoms with van der Waals surface area (Å²) in [6.45, 7) is 27.9. The lowest BCUT2D eigenvalue weighted by atomic mass is 9.83. The van der Waals surface area contributed by atoms with E-state index in [4.69, 9.17) is 14.2 Å². The molecular formula is C82H127BrO3. The molecule has 480 valence electrons. The minimum atomic E-state index is 0.388. The van der Waals surface area contributed by atoms with Crippen LogP contribution in [0.3, 0.4) is 0 Å². The topological polar surface area (TPSA) is 27.7 Å². The molecule has 0 aliphatic carbocycles. The molecule has 4 rings (SSSR count). The standard InChI is InChI=1S/C82H127BrO3/c1-12-19-22-25-28-31-34-37-40-43-56-84-80-59-70(60-81(85-57-44-41-38-35-32-29-26-23-20-13-2)82(80)86-58-45-42-39-36-33-30-27-24-21-14-3)47-51-72-62-79(68(11)18-7)74(64-77(72)66(9)16-5)53-52-73-63-76(65(8)15-4)71(61-78(73)67(10)17-6)50-46-69-48-54-75(83)55-49-69/h46-55,59-68H,12-45,56-58H2,1-11H3/b50-46+,51-47+,53-52+/t65-,66-,67-,68-/m1/s1. The summed E-state index contributed by atoms with van der Waals surface area (Å²) in [5, 5.41) is 0. The molecule has 0 N–H and O–H groups in total. The molecule has 0 saturated carbocycles. The average molecular weight is 1240 g/mol. The van der Waals surface area contributed by atoms with Crippen LogP contribution in [0.4, 0.5) is 0 Å². The summed E-state index contributed by atoms with van der Waals surface area (Å²) >= 11 is 3.62. The maximum atomic E-state index is 6.87. The molecular weight excluding hydrogens is 1110 g/mol. The molecule has 0 spiro atoms. The lowest BCUT2D eigenvalue weighted by Gasteiger charge is -2.22. The van der Waals surface area contributed by atoms with Crippen LogP contribution in [0.2, 0.25) is 0 Å². The minimum absolute atomic E-state index is 0.388. The highest BCUT2D eigenvalue weighted by molar-refractivity contribution is 9.10. The molecule has 86 heavy (non-hydrogen) atoms. The van der Waals surface area contributed by atoms with E-state index in [1.807, 2.05) is 0 Å². The van der Waals surface area contributed by atoms with Gasteiger partial charge in [0, 0.05) is 4.47 Å². The third-order valence-electron chi connectivity index (χ3n) is 18.7. The van der Waals surface area contributed by atoms with Crippen molar-refractivity contribution in [3.63, 3.8) is 0 Å². The van der Waals surface area contributed by atoms with Gasteiger partial charge in [0.15, 0.2) is 11.5 Å². The summed E-state index contributed by atoms with van der Waals surface area (Å²) in [7, 11) is 0. The van der Waals surface area contributed by atoms with Crippen molar-refractivity contribution in [3.8, 4) is 17.2 Å². The molecule has 0 unspecified atom stereocenters. The van der Waals surface area contributed by atoms with Gasteiger partial charge in [-0.3, -0.25) is 0 Å². The molecule has 0 aliphatic heterocycles. The number of halogens is 1. The molecule has 3 nitrogen and oxygen atoms in total. The van der Waals surface area contributed by atoms with Gasteiger partial charge in [-0.15, -0.1) is 0 Å². The van der Waals surface area contributed by atoms with Crippen LogP contribution in [-0.4, -0.2) is 19.8 Å². The first kappa shape index (κ1) is 74.4. The van der Waals surface area contributed by atoms with Crippen molar-refractivity contribution < 1.29 is 14.2 Å². The summed E-state index contributed by atoms with van der Waals surface area (Å²) < 4.78 is 21.7. The van der Waals surface area contributed by atoms with Crippen LogP contribution < -0.4 is 14.2 Å². The Morgan fingerprint density at radius 1 is 0.302 bits per heavy atom. The van der Waals surface area contributed by atoms with Gasteiger partial charge in [-0.25, -0.2) is 0 Å². The first-order valence-electron chi connectivity index (χ1n) is 36.2. The second-order valence-electron chi connectivity index (χ2n) is 25.9. The van der Waals surface area contributed by atoms with Crippen molar-refractivity contribution in [2.45, 2.75) is 318 Å². The van der Waals surface area contributed by atoms with Crippen molar-refractivity contribution in [3.05, 3.63) is 121 Å². The summed E-state index contributed by atoms with van der Waals surface area (Å²) in [6, 6.07) is 23.2. The minimum Gasteiger partial charge on any atom is -0.490 e. The van der Waals surface area contributed by atoms with E-state index in [-0.39, 0.29) is 0 Å². The van der Waals surface area contributed by atoms with Crippen LogP contribution >= 0.6 is 15.9 Å².